The molecule has 2 fully saturated rings. The maximum absolute atomic E-state index is 12.1. The van der Waals surface area contributed by atoms with Crippen molar-refractivity contribution in [3.05, 3.63) is 0 Å². The summed E-state index contributed by atoms with van der Waals surface area (Å²) in [6.07, 6.45) is 2.44. The van der Waals surface area contributed by atoms with E-state index in [1.165, 1.54) is 17.7 Å². The summed E-state index contributed by atoms with van der Waals surface area (Å²) in [5.74, 6) is 0.514. The van der Waals surface area contributed by atoms with Gasteiger partial charge in [-0.3, -0.25) is 14.6 Å². The fourth-order valence-corrected chi connectivity index (χ4v) is 3.13. The highest BCUT2D eigenvalue weighted by atomic mass is 16.2. The first kappa shape index (κ1) is 14.3. The zero-order valence-corrected chi connectivity index (χ0v) is 12.4. The Morgan fingerprint density at radius 2 is 2.00 bits per heavy atom. The fraction of sp³-hybridized carbons (Fsp3) is 0.857. The first-order chi connectivity index (χ1) is 8.83. The van der Waals surface area contributed by atoms with E-state index in [1.807, 2.05) is 0 Å². The largest absolute Gasteiger partial charge is 0.325 e. The van der Waals surface area contributed by atoms with Crippen LogP contribution in [0.25, 0.3) is 0 Å². The van der Waals surface area contributed by atoms with Gasteiger partial charge in [-0.25, -0.2) is 4.79 Å². The topological polar surface area (TPSA) is 52.6 Å². The molecule has 1 N–H and O–H groups in total. The third-order valence-corrected chi connectivity index (χ3v) is 4.24. The van der Waals surface area contributed by atoms with Crippen molar-refractivity contribution >= 4 is 11.9 Å². The van der Waals surface area contributed by atoms with Crippen molar-refractivity contribution in [2.45, 2.75) is 52.1 Å². The van der Waals surface area contributed by atoms with Crippen molar-refractivity contribution in [2.75, 3.05) is 19.6 Å². The van der Waals surface area contributed by atoms with Crippen molar-refractivity contribution in [2.24, 2.45) is 5.92 Å². The maximum atomic E-state index is 12.1. The van der Waals surface area contributed by atoms with Crippen LogP contribution in [0.5, 0.6) is 0 Å². The smallest absolute Gasteiger partial charge is 0.324 e. The maximum Gasteiger partial charge on any atom is 0.325 e. The van der Waals surface area contributed by atoms with Crippen molar-refractivity contribution in [3.63, 3.8) is 0 Å². The molecule has 0 aromatic carbocycles. The lowest BCUT2D eigenvalue weighted by atomic mass is 10.0. The van der Waals surface area contributed by atoms with Gasteiger partial charge in [-0.2, -0.15) is 0 Å². The zero-order valence-electron chi connectivity index (χ0n) is 12.4. The summed E-state index contributed by atoms with van der Waals surface area (Å²) in [5.41, 5.74) is -0.750. The van der Waals surface area contributed by atoms with Crippen LogP contribution in [-0.4, -0.2) is 53.0 Å². The lowest BCUT2D eigenvalue weighted by molar-refractivity contribution is -0.130. The Labute approximate surface area is 115 Å². The second-order valence-corrected chi connectivity index (χ2v) is 6.50. The van der Waals surface area contributed by atoms with Crippen LogP contribution in [0, 0.1) is 5.92 Å². The van der Waals surface area contributed by atoms with Crippen LogP contribution in [0.2, 0.25) is 0 Å². The molecule has 5 nitrogen and oxygen atoms in total. The summed E-state index contributed by atoms with van der Waals surface area (Å²) in [6.45, 7) is 10.3. The Kier molecular flexibility index (Phi) is 3.85. The Balaban J connectivity index is 1.92. The Morgan fingerprint density at radius 1 is 1.32 bits per heavy atom. The van der Waals surface area contributed by atoms with Crippen LogP contribution in [0.15, 0.2) is 0 Å². The van der Waals surface area contributed by atoms with Crippen molar-refractivity contribution < 1.29 is 9.59 Å². The standard InChI is InChI=1S/C14H25N3O2/c1-10(2)11-6-5-7-16(11)8-9-17-12(18)14(3,4)15-13(17)19/h10-11H,5-9H2,1-4H3,(H,15,19)/t11-/m1/s1. The Bertz CT molecular complexity index is 379. The second-order valence-electron chi connectivity index (χ2n) is 6.50. The van der Waals surface area contributed by atoms with E-state index in [2.05, 4.69) is 24.1 Å². The van der Waals surface area contributed by atoms with Gasteiger partial charge in [-0.05, 0) is 39.2 Å². The van der Waals surface area contributed by atoms with E-state index in [9.17, 15) is 9.59 Å². The minimum absolute atomic E-state index is 0.113. The fourth-order valence-electron chi connectivity index (χ4n) is 3.13. The molecule has 0 unspecified atom stereocenters. The molecule has 0 saturated carbocycles. The molecule has 2 aliphatic heterocycles. The number of amides is 3. The number of nitrogens with one attached hydrogen (secondary N) is 1. The molecule has 0 spiro atoms. The van der Waals surface area contributed by atoms with Gasteiger partial charge in [0, 0.05) is 19.1 Å². The number of likely N-dealkylation sites (tertiary alicyclic amines) is 1. The number of carbonyl (C=O) groups is 2. The monoisotopic (exact) mass is 267 g/mol. The van der Waals surface area contributed by atoms with Gasteiger partial charge in [0.05, 0.1) is 0 Å². The highest BCUT2D eigenvalue weighted by Crippen LogP contribution is 2.24. The Morgan fingerprint density at radius 3 is 2.53 bits per heavy atom. The van der Waals surface area contributed by atoms with E-state index in [4.69, 9.17) is 0 Å². The molecule has 1 atom stereocenters. The van der Waals surface area contributed by atoms with E-state index in [0.29, 0.717) is 18.5 Å². The van der Waals surface area contributed by atoms with Crippen molar-refractivity contribution in [1.29, 1.82) is 0 Å². The van der Waals surface area contributed by atoms with E-state index in [-0.39, 0.29) is 11.9 Å². The molecule has 0 aliphatic carbocycles. The van der Waals surface area contributed by atoms with Crippen molar-refractivity contribution in [1.82, 2.24) is 15.1 Å². The third kappa shape index (κ3) is 2.76. The van der Waals surface area contributed by atoms with Crippen LogP contribution in [0.3, 0.4) is 0 Å². The molecule has 2 aliphatic rings. The second kappa shape index (κ2) is 5.12. The van der Waals surface area contributed by atoms with E-state index >= 15 is 0 Å². The first-order valence-electron chi connectivity index (χ1n) is 7.21. The number of carbonyl (C=O) groups excluding carboxylic acids is 2. The van der Waals surface area contributed by atoms with Crippen LogP contribution in [0.4, 0.5) is 4.79 Å². The van der Waals surface area contributed by atoms with Crippen LogP contribution in [-0.2, 0) is 4.79 Å². The molecule has 5 heteroatoms. The normalized spacial score (nSPS) is 27.4. The molecule has 3 amide bonds. The van der Waals surface area contributed by atoms with Crippen molar-refractivity contribution in [3.8, 4) is 0 Å². The van der Waals surface area contributed by atoms with Crippen LogP contribution in [0.1, 0.15) is 40.5 Å². The Hall–Kier alpha value is -1.10. The predicted molar refractivity (Wildman–Crippen MR) is 73.8 cm³/mol. The molecule has 108 valence electrons. The number of hydrogen-bond donors (Lipinski definition) is 1. The van der Waals surface area contributed by atoms with E-state index in [0.717, 1.165) is 13.1 Å². The number of urea groups is 1. The molecular weight excluding hydrogens is 242 g/mol. The summed E-state index contributed by atoms with van der Waals surface area (Å²) in [5, 5.41) is 2.72. The summed E-state index contributed by atoms with van der Waals surface area (Å²) in [4.78, 5) is 27.6. The average molecular weight is 267 g/mol. The minimum Gasteiger partial charge on any atom is -0.324 e. The SMILES string of the molecule is CC(C)[C@H]1CCCN1CCN1C(=O)NC(C)(C)C1=O. The summed E-state index contributed by atoms with van der Waals surface area (Å²) in [6, 6.07) is 0.337. The molecule has 0 radical (unpaired) electrons. The van der Waals surface area contributed by atoms with E-state index in [1.54, 1.807) is 13.8 Å². The van der Waals surface area contributed by atoms with Gasteiger partial charge in [-0.15, -0.1) is 0 Å². The van der Waals surface area contributed by atoms with Gasteiger partial charge in [0.25, 0.3) is 5.91 Å². The number of hydrogen-bond acceptors (Lipinski definition) is 3. The lowest BCUT2D eigenvalue weighted by Crippen LogP contribution is -2.43. The molecule has 19 heavy (non-hydrogen) atoms. The molecule has 0 aromatic heterocycles. The number of nitrogens with zero attached hydrogens (tertiary/aromatic N) is 2. The lowest BCUT2D eigenvalue weighted by Gasteiger charge is -2.28. The minimum atomic E-state index is -0.750. The highest BCUT2D eigenvalue weighted by Gasteiger charge is 2.44. The predicted octanol–water partition coefficient (Wildman–Crippen LogP) is 1.44. The summed E-state index contributed by atoms with van der Waals surface area (Å²) >= 11 is 0. The highest BCUT2D eigenvalue weighted by molar-refractivity contribution is 6.06. The molecule has 0 bridgehead atoms. The van der Waals surface area contributed by atoms with Crippen LogP contribution >= 0.6 is 0 Å². The molecule has 2 saturated heterocycles. The van der Waals surface area contributed by atoms with Gasteiger partial charge in [0.1, 0.15) is 5.54 Å². The third-order valence-electron chi connectivity index (χ3n) is 4.24. The molecular formula is C14H25N3O2. The van der Waals surface area contributed by atoms with Gasteiger partial charge in [0.15, 0.2) is 0 Å². The summed E-state index contributed by atoms with van der Waals surface area (Å²) < 4.78 is 0. The summed E-state index contributed by atoms with van der Waals surface area (Å²) in [7, 11) is 0. The average Bonchev–Trinajstić information content (AvgIpc) is 2.82. The van der Waals surface area contributed by atoms with Crippen LogP contribution < -0.4 is 5.32 Å². The van der Waals surface area contributed by atoms with Gasteiger partial charge < -0.3 is 5.32 Å². The van der Waals surface area contributed by atoms with Gasteiger partial charge in [-0.1, -0.05) is 13.8 Å². The molecule has 2 rings (SSSR count). The molecule has 0 aromatic rings. The van der Waals surface area contributed by atoms with Gasteiger partial charge in [0.2, 0.25) is 0 Å². The first-order valence-corrected chi connectivity index (χ1v) is 7.21. The van der Waals surface area contributed by atoms with Gasteiger partial charge >= 0.3 is 6.03 Å². The zero-order chi connectivity index (χ0) is 14.2. The molecule has 2 heterocycles. The van der Waals surface area contributed by atoms with E-state index < -0.39 is 5.54 Å². The number of rotatable bonds is 4. The quantitative estimate of drug-likeness (QED) is 0.784. The number of imide groups is 1.